The Morgan fingerprint density at radius 1 is 1.67 bits per heavy atom. The summed E-state index contributed by atoms with van der Waals surface area (Å²) in [6.45, 7) is 1.86. The summed E-state index contributed by atoms with van der Waals surface area (Å²) in [5, 5.41) is 2.42. The Labute approximate surface area is 75.4 Å². The molecule has 0 aromatic heterocycles. The van der Waals surface area contributed by atoms with Crippen molar-refractivity contribution in [3.05, 3.63) is 0 Å². The molecular formula is C7H16N2O2S. The van der Waals surface area contributed by atoms with E-state index in [0.29, 0.717) is 12.2 Å². The zero-order valence-electron chi connectivity index (χ0n) is 7.50. The molecule has 72 valence electrons. The zero-order chi connectivity index (χ0) is 9.56. The number of hydrogen-bond donors (Lipinski definition) is 2. The number of hydrogen-bond acceptors (Lipinski definition) is 3. The molecule has 2 unspecified atom stereocenters. The highest BCUT2D eigenvalue weighted by atomic mass is 32.2. The average molecular weight is 192 g/mol. The smallest absolute Gasteiger partial charge is 0.232 e. The Balaban J connectivity index is 3.53. The standard InChI is InChI=1S/C7H16N2O2S/c1-6(8)3-4-12(11)5-7(10)9-2/h6H,3-5,8H2,1-2H3,(H,9,10). The van der Waals surface area contributed by atoms with Crippen molar-refractivity contribution in [3.63, 3.8) is 0 Å². The molecule has 0 aromatic carbocycles. The van der Waals surface area contributed by atoms with Crippen LogP contribution in [0.1, 0.15) is 13.3 Å². The highest BCUT2D eigenvalue weighted by Crippen LogP contribution is 1.91. The molecule has 0 saturated heterocycles. The lowest BCUT2D eigenvalue weighted by Gasteiger charge is -2.03. The number of nitrogens with two attached hydrogens (primary N) is 1. The number of rotatable bonds is 5. The van der Waals surface area contributed by atoms with Gasteiger partial charge in [-0.15, -0.1) is 0 Å². The first-order valence-corrected chi connectivity index (χ1v) is 5.36. The molecule has 5 heteroatoms. The lowest BCUT2D eigenvalue weighted by atomic mass is 10.3. The van der Waals surface area contributed by atoms with Gasteiger partial charge in [0.25, 0.3) is 0 Å². The maximum Gasteiger partial charge on any atom is 0.232 e. The number of nitrogens with one attached hydrogen (secondary N) is 1. The van der Waals surface area contributed by atoms with Gasteiger partial charge in [0.05, 0.1) is 0 Å². The van der Waals surface area contributed by atoms with Crippen LogP contribution < -0.4 is 11.1 Å². The van der Waals surface area contributed by atoms with Gasteiger partial charge in [-0.3, -0.25) is 9.00 Å². The molecule has 0 heterocycles. The quantitative estimate of drug-likeness (QED) is 0.600. The molecule has 2 atom stereocenters. The van der Waals surface area contributed by atoms with Gasteiger partial charge in [0.1, 0.15) is 5.75 Å². The van der Waals surface area contributed by atoms with Crippen LogP contribution in [0.2, 0.25) is 0 Å². The Kier molecular flexibility index (Phi) is 5.92. The zero-order valence-corrected chi connectivity index (χ0v) is 8.32. The summed E-state index contributed by atoms with van der Waals surface area (Å²) in [5.41, 5.74) is 5.47. The van der Waals surface area contributed by atoms with Crippen molar-refractivity contribution in [2.24, 2.45) is 5.73 Å². The molecule has 0 aromatic rings. The molecule has 1 amide bonds. The van der Waals surface area contributed by atoms with Crippen LogP contribution in [0.25, 0.3) is 0 Å². The van der Waals surface area contributed by atoms with Crippen molar-refractivity contribution < 1.29 is 9.00 Å². The normalized spacial score (nSPS) is 15.2. The predicted molar refractivity (Wildman–Crippen MR) is 50.2 cm³/mol. The van der Waals surface area contributed by atoms with E-state index in [1.807, 2.05) is 6.92 Å². The average Bonchev–Trinajstić information content (AvgIpc) is 2.00. The first kappa shape index (κ1) is 11.6. The molecule has 0 rings (SSSR count). The van der Waals surface area contributed by atoms with Crippen LogP contribution in [0.15, 0.2) is 0 Å². The van der Waals surface area contributed by atoms with Crippen LogP contribution >= 0.6 is 0 Å². The van der Waals surface area contributed by atoms with Crippen LogP contribution in [-0.2, 0) is 15.6 Å². The van der Waals surface area contributed by atoms with Crippen LogP contribution in [0.5, 0.6) is 0 Å². The molecule has 0 aliphatic heterocycles. The second-order valence-corrected chi connectivity index (χ2v) is 4.30. The van der Waals surface area contributed by atoms with E-state index in [9.17, 15) is 9.00 Å². The summed E-state index contributed by atoms with van der Waals surface area (Å²) in [4.78, 5) is 10.7. The molecule has 0 aliphatic carbocycles. The maximum absolute atomic E-state index is 11.1. The SMILES string of the molecule is CNC(=O)CS(=O)CCC(C)N. The number of amides is 1. The Hall–Kier alpha value is -0.420. The van der Waals surface area contributed by atoms with Gasteiger partial charge < -0.3 is 11.1 Å². The summed E-state index contributed by atoms with van der Waals surface area (Å²) >= 11 is 0. The summed E-state index contributed by atoms with van der Waals surface area (Å²) < 4.78 is 11.1. The van der Waals surface area contributed by atoms with E-state index in [2.05, 4.69) is 5.32 Å². The molecule has 0 radical (unpaired) electrons. The van der Waals surface area contributed by atoms with E-state index < -0.39 is 10.8 Å². The van der Waals surface area contributed by atoms with Crippen molar-refractivity contribution in [3.8, 4) is 0 Å². The number of carbonyl (C=O) groups is 1. The molecule has 0 bridgehead atoms. The molecule has 0 aliphatic rings. The minimum absolute atomic E-state index is 0.0543. The Morgan fingerprint density at radius 3 is 2.67 bits per heavy atom. The largest absolute Gasteiger partial charge is 0.358 e. The fraction of sp³-hybridized carbons (Fsp3) is 0.857. The van der Waals surface area contributed by atoms with Gasteiger partial charge in [-0.25, -0.2) is 0 Å². The van der Waals surface area contributed by atoms with Crippen molar-refractivity contribution in [1.29, 1.82) is 0 Å². The van der Waals surface area contributed by atoms with Crippen molar-refractivity contribution in [2.75, 3.05) is 18.6 Å². The summed E-state index contributed by atoms with van der Waals surface area (Å²) in [7, 11) is 0.470. The molecule has 0 saturated carbocycles. The second kappa shape index (κ2) is 6.14. The van der Waals surface area contributed by atoms with E-state index in [-0.39, 0.29) is 17.7 Å². The lowest BCUT2D eigenvalue weighted by Crippen LogP contribution is -2.26. The Bertz CT molecular complexity index is 171. The van der Waals surface area contributed by atoms with Crippen LogP contribution in [0.3, 0.4) is 0 Å². The van der Waals surface area contributed by atoms with Crippen LogP contribution in [0, 0.1) is 0 Å². The summed E-state index contributed by atoms with van der Waals surface area (Å²) in [5.74, 6) is 0.409. The fourth-order valence-corrected chi connectivity index (χ4v) is 1.82. The summed E-state index contributed by atoms with van der Waals surface area (Å²) in [6, 6.07) is 0.0543. The van der Waals surface area contributed by atoms with E-state index in [0.717, 1.165) is 0 Å². The van der Waals surface area contributed by atoms with Gasteiger partial charge in [-0.1, -0.05) is 0 Å². The van der Waals surface area contributed by atoms with E-state index in [1.165, 1.54) is 7.05 Å². The van der Waals surface area contributed by atoms with Gasteiger partial charge in [0.15, 0.2) is 0 Å². The second-order valence-electron chi connectivity index (χ2n) is 2.73. The molecule has 12 heavy (non-hydrogen) atoms. The van der Waals surface area contributed by atoms with Crippen molar-refractivity contribution in [1.82, 2.24) is 5.32 Å². The first-order valence-electron chi connectivity index (χ1n) is 3.87. The third-order valence-electron chi connectivity index (χ3n) is 1.37. The third kappa shape index (κ3) is 6.30. The van der Waals surface area contributed by atoms with E-state index in [1.54, 1.807) is 0 Å². The topological polar surface area (TPSA) is 72.2 Å². The highest BCUT2D eigenvalue weighted by molar-refractivity contribution is 7.85. The van der Waals surface area contributed by atoms with E-state index >= 15 is 0 Å². The molecular weight excluding hydrogens is 176 g/mol. The highest BCUT2D eigenvalue weighted by Gasteiger charge is 2.06. The molecule has 0 fully saturated rings. The summed E-state index contributed by atoms with van der Waals surface area (Å²) in [6.07, 6.45) is 0.698. The van der Waals surface area contributed by atoms with Gasteiger partial charge in [0, 0.05) is 29.6 Å². The predicted octanol–water partition coefficient (Wildman–Crippen LogP) is -0.782. The third-order valence-corrected chi connectivity index (χ3v) is 2.65. The molecule has 0 spiro atoms. The van der Waals surface area contributed by atoms with Gasteiger partial charge in [0.2, 0.25) is 5.91 Å². The van der Waals surface area contributed by atoms with Crippen LogP contribution in [-0.4, -0.2) is 34.7 Å². The van der Waals surface area contributed by atoms with Gasteiger partial charge in [-0.05, 0) is 13.3 Å². The Morgan fingerprint density at radius 2 is 2.25 bits per heavy atom. The fourth-order valence-electron chi connectivity index (χ4n) is 0.608. The monoisotopic (exact) mass is 192 g/mol. The lowest BCUT2D eigenvalue weighted by molar-refractivity contribution is -0.118. The van der Waals surface area contributed by atoms with Crippen LogP contribution in [0.4, 0.5) is 0 Å². The van der Waals surface area contributed by atoms with Crippen molar-refractivity contribution >= 4 is 16.7 Å². The van der Waals surface area contributed by atoms with Gasteiger partial charge in [-0.2, -0.15) is 0 Å². The first-order chi connectivity index (χ1) is 5.56. The maximum atomic E-state index is 11.1. The minimum atomic E-state index is -1.06. The molecule has 4 nitrogen and oxygen atoms in total. The minimum Gasteiger partial charge on any atom is -0.358 e. The van der Waals surface area contributed by atoms with E-state index in [4.69, 9.17) is 5.73 Å². The van der Waals surface area contributed by atoms with Gasteiger partial charge >= 0.3 is 0 Å². The van der Waals surface area contributed by atoms with Crippen molar-refractivity contribution in [2.45, 2.75) is 19.4 Å². The number of carbonyl (C=O) groups excluding carboxylic acids is 1. The molecule has 3 N–H and O–H groups in total.